The molecule has 2 aromatic carbocycles. The molecule has 0 aliphatic carbocycles. The van der Waals surface area contributed by atoms with Crippen LogP contribution in [0.2, 0.25) is 0 Å². The molecule has 1 saturated heterocycles. The summed E-state index contributed by atoms with van der Waals surface area (Å²) < 4.78 is 5.96. The Morgan fingerprint density at radius 2 is 1.67 bits per heavy atom. The van der Waals surface area contributed by atoms with Crippen LogP contribution in [0.15, 0.2) is 79.0 Å². The quantitative estimate of drug-likeness (QED) is 0.602. The van der Waals surface area contributed by atoms with Gasteiger partial charge in [0.15, 0.2) is 0 Å². The third-order valence-corrected chi connectivity index (χ3v) is 5.31. The molecule has 1 fully saturated rings. The minimum absolute atomic E-state index is 0.197. The monoisotopic (exact) mass is 401 g/mol. The van der Waals surface area contributed by atoms with Crippen molar-refractivity contribution in [1.29, 1.82) is 0 Å². The molecule has 1 aromatic heterocycles. The Bertz CT molecular complexity index is 947. The highest BCUT2D eigenvalue weighted by molar-refractivity contribution is 5.76. The zero-order chi connectivity index (χ0) is 20.6. The summed E-state index contributed by atoms with van der Waals surface area (Å²) in [4.78, 5) is 21.2. The fourth-order valence-corrected chi connectivity index (χ4v) is 3.66. The molecule has 0 saturated carbocycles. The van der Waals surface area contributed by atoms with Gasteiger partial charge in [-0.15, -0.1) is 0 Å². The van der Waals surface area contributed by atoms with E-state index in [1.165, 1.54) is 5.56 Å². The van der Waals surface area contributed by atoms with E-state index < -0.39 is 0 Å². The summed E-state index contributed by atoms with van der Waals surface area (Å²) in [5.41, 5.74) is 3.29. The standard InChI is InChI=1S/C25H27N3O2/c29-25-12-14-27(15-16-28(25)19-23-10-4-5-13-26-23)18-22-9-6-11-24(17-22)30-20-21-7-2-1-3-8-21/h1-11,13,17H,12,14-16,18-20H2. The van der Waals surface area contributed by atoms with Gasteiger partial charge >= 0.3 is 0 Å². The van der Waals surface area contributed by atoms with E-state index in [1.54, 1.807) is 6.20 Å². The summed E-state index contributed by atoms with van der Waals surface area (Å²) in [6, 6.07) is 24.2. The molecular formula is C25H27N3O2. The maximum absolute atomic E-state index is 12.5. The average Bonchev–Trinajstić information content (AvgIpc) is 2.96. The van der Waals surface area contributed by atoms with Gasteiger partial charge in [-0.2, -0.15) is 0 Å². The molecule has 2 heterocycles. The zero-order valence-corrected chi connectivity index (χ0v) is 17.1. The van der Waals surface area contributed by atoms with Gasteiger partial charge in [0.1, 0.15) is 12.4 Å². The molecule has 1 aliphatic rings. The molecule has 5 heteroatoms. The number of amides is 1. The fourth-order valence-electron chi connectivity index (χ4n) is 3.66. The lowest BCUT2D eigenvalue weighted by molar-refractivity contribution is -0.131. The van der Waals surface area contributed by atoms with Gasteiger partial charge in [0.25, 0.3) is 0 Å². The van der Waals surface area contributed by atoms with Crippen LogP contribution in [0.25, 0.3) is 0 Å². The van der Waals surface area contributed by atoms with E-state index in [2.05, 4.69) is 34.1 Å². The number of carbonyl (C=O) groups is 1. The van der Waals surface area contributed by atoms with Gasteiger partial charge < -0.3 is 9.64 Å². The summed E-state index contributed by atoms with van der Waals surface area (Å²) in [5, 5.41) is 0. The number of rotatable bonds is 7. The van der Waals surface area contributed by atoms with Gasteiger partial charge in [0.2, 0.25) is 5.91 Å². The van der Waals surface area contributed by atoms with Gasteiger partial charge in [-0.25, -0.2) is 0 Å². The van der Waals surface area contributed by atoms with Crippen molar-refractivity contribution < 1.29 is 9.53 Å². The molecule has 0 radical (unpaired) electrons. The smallest absolute Gasteiger partial charge is 0.224 e. The molecule has 5 nitrogen and oxygen atoms in total. The molecule has 154 valence electrons. The predicted molar refractivity (Wildman–Crippen MR) is 117 cm³/mol. The van der Waals surface area contributed by atoms with Gasteiger partial charge in [-0.05, 0) is 35.4 Å². The highest BCUT2D eigenvalue weighted by Crippen LogP contribution is 2.18. The van der Waals surface area contributed by atoms with Crippen LogP contribution in [-0.4, -0.2) is 40.3 Å². The van der Waals surface area contributed by atoms with E-state index in [0.717, 1.165) is 43.2 Å². The SMILES string of the molecule is O=C1CCN(Cc2cccc(OCc3ccccc3)c2)CCN1Cc1ccccn1. The second-order valence-electron chi connectivity index (χ2n) is 7.58. The summed E-state index contributed by atoms with van der Waals surface area (Å²) in [6.07, 6.45) is 2.31. The van der Waals surface area contributed by atoms with Crippen LogP contribution in [0.3, 0.4) is 0 Å². The van der Waals surface area contributed by atoms with Crippen molar-refractivity contribution >= 4 is 5.91 Å². The highest BCUT2D eigenvalue weighted by atomic mass is 16.5. The number of hydrogen-bond acceptors (Lipinski definition) is 4. The molecule has 30 heavy (non-hydrogen) atoms. The van der Waals surface area contributed by atoms with E-state index >= 15 is 0 Å². The van der Waals surface area contributed by atoms with Crippen LogP contribution in [0, 0.1) is 0 Å². The third kappa shape index (κ3) is 5.67. The van der Waals surface area contributed by atoms with Gasteiger partial charge in [0.05, 0.1) is 12.2 Å². The van der Waals surface area contributed by atoms with Crippen molar-refractivity contribution in [3.63, 3.8) is 0 Å². The Balaban J connectivity index is 1.32. The summed E-state index contributed by atoms with van der Waals surface area (Å²) in [5.74, 6) is 1.07. The number of hydrogen-bond donors (Lipinski definition) is 0. The first-order chi connectivity index (χ1) is 14.8. The highest BCUT2D eigenvalue weighted by Gasteiger charge is 2.21. The van der Waals surface area contributed by atoms with Crippen LogP contribution in [0.4, 0.5) is 0 Å². The van der Waals surface area contributed by atoms with Crippen molar-refractivity contribution in [2.75, 3.05) is 19.6 Å². The Labute approximate surface area is 177 Å². The molecule has 4 rings (SSSR count). The van der Waals surface area contributed by atoms with E-state index in [-0.39, 0.29) is 5.91 Å². The third-order valence-electron chi connectivity index (χ3n) is 5.31. The maximum Gasteiger partial charge on any atom is 0.224 e. The number of benzene rings is 2. The van der Waals surface area contributed by atoms with E-state index in [0.29, 0.717) is 19.6 Å². The second-order valence-corrected chi connectivity index (χ2v) is 7.58. The predicted octanol–water partition coefficient (Wildman–Crippen LogP) is 3.90. The van der Waals surface area contributed by atoms with Crippen LogP contribution < -0.4 is 4.74 Å². The molecule has 0 N–H and O–H groups in total. The summed E-state index contributed by atoms with van der Waals surface area (Å²) in [6.45, 7) is 4.30. The van der Waals surface area contributed by atoms with Crippen LogP contribution in [0.1, 0.15) is 23.2 Å². The maximum atomic E-state index is 12.5. The fraction of sp³-hybridized carbons (Fsp3) is 0.280. The molecule has 0 spiro atoms. The Morgan fingerprint density at radius 3 is 2.50 bits per heavy atom. The number of ether oxygens (including phenoxy) is 1. The topological polar surface area (TPSA) is 45.7 Å². The molecular weight excluding hydrogens is 374 g/mol. The Kier molecular flexibility index (Phi) is 6.72. The van der Waals surface area contributed by atoms with Crippen LogP contribution in [0.5, 0.6) is 5.75 Å². The molecule has 0 unspecified atom stereocenters. The summed E-state index contributed by atoms with van der Waals surface area (Å²) in [7, 11) is 0. The molecule has 0 atom stereocenters. The minimum Gasteiger partial charge on any atom is -0.489 e. The van der Waals surface area contributed by atoms with Crippen molar-refractivity contribution in [1.82, 2.24) is 14.8 Å². The Morgan fingerprint density at radius 1 is 0.833 bits per heavy atom. The molecule has 1 aliphatic heterocycles. The Hall–Kier alpha value is -3.18. The molecule has 0 bridgehead atoms. The first kappa shape index (κ1) is 20.1. The summed E-state index contributed by atoms with van der Waals surface area (Å²) >= 11 is 0. The average molecular weight is 402 g/mol. The van der Waals surface area contributed by atoms with Gasteiger partial charge in [-0.3, -0.25) is 14.7 Å². The molecule has 1 amide bonds. The van der Waals surface area contributed by atoms with Crippen LogP contribution >= 0.6 is 0 Å². The minimum atomic E-state index is 0.197. The lowest BCUT2D eigenvalue weighted by Crippen LogP contribution is -2.33. The lowest BCUT2D eigenvalue weighted by Gasteiger charge is -2.22. The van der Waals surface area contributed by atoms with Crippen molar-refractivity contribution in [2.24, 2.45) is 0 Å². The van der Waals surface area contributed by atoms with Crippen molar-refractivity contribution in [3.8, 4) is 5.75 Å². The molecule has 3 aromatic rings. The number of nitrogens with zero attached hydrogens (tertiary/aromatic N) is 3. The number of carbonyl (C=O) groups excluding carboxylic acids is 1. The van der Waals surface area contributed by atoms with Crippen molar-refractivity contribution in [2.45, 2.75) is 26.1 Å². The first-order valence-corrected chi connectivity index (χ1v) is 10.4. The van der Waals surface area contributed by atoms with E-state index in [1.807, 2.05) is 53.4 Å². The normalized spacial score (nSPS) is 15.1. The zero-order valence-electron chi connectivity index (χ0n) is 17.1. The largest absolute Gasteiger partial charge is 0.489 e. The van der Waals surface area contributed by atoms with Crippen molar-refractivity contribution in [3.05, 3.63) is 95.8 Å². The van der Waals surface area contributed by atoms with Crippen LogP contribution in [-0.2, 0) is 24.5 Å². The van der Waals surface area contributed by atoms with Gasteiger partial charge in [-0.1, -0.05) is 48.5 Å². The number of pyridine rings is 1. The number of aromatic nitrogens is 1. The van der Waals surface area contributed by atoms with E-state index in [9.17, 15) is 4.79 Å². The second kappa shape index (κ2) is 10.0. The lowest BCUT2D eigenvalue weighted by atomic mass is 10.2. The van der Waals surface area contributed by atoms with Gasteiger partial charge in [0, 0.05) is 38.8 Å². The first-order valence-electron chi connectivity index (χ1n) is 10.4. The van der Waals surface area contributed by atoms with E-state index in [4.69, 9.17) is 4.74 Å².